The molecule has 1 aromatic heterocycles. The van der Waals surface area contributed by atoms with Gasteiger partial charge < -0.3 is 9.88 Å². The molecular formula is C20H21N3O3. The van der Waals surface area contributed by atoms with Gasteiger partial charge in [0, 0.05) is 36.7 Å². The maximum Gasteiger partial charge on any atom is 0.263 e. The van der Waals surface area contributed by atoms with Gasteiger partial charge in [0.15, 0.2) is 5.78 Å². The van der Waals surface area contributed by atoms with Crippen molar-refractivity contribution < 1.29 is 9.59 Å². The van der Waals surface area contributed by atoms with Crippen LogP contribution in [0.25, 0.3) is 0 Å². The van der Waals surface area contributed by atoms with E-state index in [0.717, 1.165) is 25.7 Å². The molecule has 2 aromatic rings. The Morgan fingerprint density at radius 3 is 2.58 bits per heavy atom. The van der Waals surface area contributed by atoms with E-state index in [-0.39, 0.29) is 28.7 Å². The zero-order valence-electron chi connectivity index (χ0n) is 14.5. The molecular weight excluding hydrogens is 330 g/mol. The number of H-pyrrole nitrogens is 1. The summed E-state index contributed by atoms with van der Waals surface area (Å²) in [6.45, 7) is 0.900. The number of amides is 1. The van der Waals surface area contributed by atoms with Crippen molar-refractivity contribution in [3.05, 3.63) is 63.8 Å². The molecule has 0 spiro atoms. The number of piperidine rings is 1. The molecule has 1 atom stereocenters. The summed E-state index contributed by atoms with van der Waals surface area (Å²) in [4.78, 5) is 46.3. The summed E-state index contributed by atoms with van der Waals surface area (Å²) in [7, 11) is 0. The predicted octanol–water partition coefficient (Wildman–Crippen LogP) is 2.38. The SMILES string of the molecule is O=C(c1ccccc1)C1CCCN(C(=O)c2cnc(C3CC3)[nH]c2=O)C1. The van der Waals surface area contributed by atoms with Crippen LogP contribution >= 0.6 is 0 Å². The van der Waals surface area contributed by atoms with Gasteiger partial charge in [0.05, 0.1) is 0 Å². The zero-order valence-corrected chi connectivity index (χ0v) is 14.5. The Balaban J connectivity index is 1.50. The van der Waals surface area contributed by atoms with Gasteiger partial charge in [-0.3, -0.25) is 14.4 Å². The van der Waals surface area contributed by atoms with Crippen molar-refractivity contribution in [2.24, 2.45) is 5.92 Å². The highest BCUT2D eigenvalue weighted by Crippen LogP contribution is 2.37. The fourth-order valence-electron chi connectivity index (χ4n) is 3.51. The Bertz CT molecular complexity index is 887. The Hall–Kier alpha value is -2.76. The molecule has 2 aliphatic rings. The van der Waals surface area contributed by atoms with Crippen LogP contribution in [0.3, 0.4) is 0 Å². The molecule has 1 saturated heterocycles. The van der Waals surface area contributed by atoms with Gasteiger partial charge in [0.25, 0.3) is 11.5 Å². The highest BCUT2D eigenvalue weighted by atomic mass is 16.2. The molecule has 1 aromatic carbocycles. The summed E-state index contributed by atoms with van der Waals surface area (Å²) in [5.74, 6) is 0.482. The first-order valence-corrected chi connectivity index (χ1v) is 9.11. The molecule has 1 aliphatic carbocycles. The summed E-state index contributed by atoms with van der Waals surface area (Å²) in [6.07, 6.45) is 4.96. The number of benzene rings is 1. The quantitative estimate of drug-likeness (QED) is 0.857. The molecule has 1 amide bonds. The first-order chi connectivity index (χ1) is 12.6. The van der Waals surface area contributed by atoms with E-state index in [2.05, 4.69) is 9.97 Å². The fourth-order valence-corrected chi connectivity index (χ4v) is 3.51. The molecule has 1 N–H and O–H groups in total. The van der Waals surface area contributed by atoms with Gasteiger partial charge in [-0.05, 0) is 25.7 Å². The number of rotatable bonds is 4. The van der Waals surface area contributed by atoms with Crippen LogP contribution in [0.15, 0.2) is 41.3 Å². The van der Waals surface area contributed by atoms with Crippen molar-refractivity contribution in [2.75, 3.05) is 13.1 Å². The lowest BCUT2D eigenvalue weighted by Gasteiger charge is -2.32. The number of Topliss-reactive ketones (excluding diaryl/α,β-unsaturated/α-hetero) is 1. The first kappa shape index (κ1) is 16.7. The van der Waals surface area contributed by atoms with Crippen molar-refractivity contribution in [3.63, 3.8) is 0 Å². The van der Waals surface area contributed by atoms with Gasteiger partial charge in [-0.2, -0.15) is 0 Å². The second-order valence-electron chi connectivity index (χ2n) is 7.11. The molecule has 2 heterocycles. The van der Waals surface area contributed by atoms with Crippen LogP contribution in [0.2, 0.25) is 0 Å². The van der Waals surface area contributed by atoms with E-state index in [4.69, 9.17) is 0 Å². The van der Waals surface area contributed by atoms with Gasteiger partial charge in [-0.15, -0.1) is 0 Å². The molecule has 1 aliphatic heterocycles. The van der Waals surface area contributed by atoms with E-state index >= 15 is 0 Å². The van der Waals surface area contributed by atoms with Crippen LogP contribution in [-0.4, -0.2) is 39.6 Å². The molecule has 6 heteroatoms. The minimum absolute atomic E-state index is 0.0548. The van der Waals surface area contributed by atoms with Gasteiger partial charge in [-0.1, -0.05) is 30.3 Å². The van der Waals surface area contributed by atoms with E-state index in [1.165, 1.54) is 6.20 Å². The molecule has 1 saturated carbocycles. The van der Waals surface area contributed by atoms with Crippen LogP contribution in [0.1, 0.15) is 58.1 Å². The van der Waals surface area contributed by atoms with E-state index in [9.17, 15) is 14.4 Å². The van der Waals surface area contributed by atoms with Crippen LogP contribution in [0.5, 0.6) is 0 Å². The molecule has 2 fully saturated rings. The first-order valence-electron chi connectivity index (χ1n) is 9.11. The minimum Gasteiger partial charge on any atom is -0.338 e. The van der Waals surface area contributed by atoms with E-state index in [0.29, 0.717) is 30.4 Å². The van der Waals surface area contributed by atoms with Crippen LogP contribution in [0, 0.1) is 5.92 Å². The molecule has 6 nitrogen and oxygen atoms in total. The number of carbonyl (C=O) groups is 2. The average Bonchev–Trinajstić information content (AvgIpc) is 3.53. The molecule has 0 bridgehead atoms. The number of likely N-dealkylation sites (tertiary alicyclic amines) is 1. The topological polar surface area (TPSA) is 83.1 Å². The van der Waals surface area contributed by atoms with Crippen molar-refractivity contribution in [1.29, 1.82) is 0 Å². The summed E-state index contributed by atoms with van der Waals surface area (Å²) >= 11 is 0. The van der Waals surface area contributed by atoms with Gasteiger partial charge in [0.2, 0.25) is 0 Å². The zero-order chi connectivity index (χ0) is 18.1. The third-order valence-electron chi connectivity index (χ3n) is 5.15. The van der Waals surface area contributed by atoms with E-state index < -0.39 is 0 Å². The van der Waals surface area contributed by atoms with Crippen LogP contribution < -0.4 is 5.56 Å². The van der Waals surface area contributed by atoms with E-state index in [1.54, 1.807) is 17.0 Å². The molecule has 0 radical (unpaired) electrons. The number of carbonyl (C=O) groups excluding carboxylic acids is 2. The number of nitrogens with one attached hydrogen (secondary N) is 1. The number of aromatic nitrogens is 2. The lowest BCUT2D eigenvalue weighted by Crippen LogP contribution is -2.44. The number of hydrogen-bond donors (Lipinski definition) is 1. The second kappa shape index (κ2) is 6.86. The highest BCUT2D eigenvalue weighted by molar-refractivity contribution is 5.99. The highest BCUT2D eigenvalue weighted by Gasteiger charge is 2.31. The smallest absolute Gasteiger partial charge is 0.263 e. The lowest BCUT2D eigenvalue weighted by atomic mass is 9.90. The molecule has 26 heavy (non-hydrogen) atoms. The number of aromatic amines is 1. The fraction of sp³-hybridized carbons (Fsp3) is 0.400. The second-order valence-corrected chi connectivity index (χ2v) is 7.11. The van der Waals surface area contributed by atoms with Crippen molar-refractivity contribution >= 4 is 11.7 Å². The lowest BCUT2D eigenvalue weighted by molar-refractivity contribution is 0.0635. The van der Waals surface area contributed by atoms with E-state index in [1.807, 2.05) is 18.2 Å². The average molecular weight is 351 g/mol. The van der Waals surface area contributed by atoms with Crippen LogP contribution in [-0.2, 0) is 0 Å². The van der Waals surface area contributed by atoms with Crippen molar-refractivity contribution in [1.82, 2.24) is 14.9 Å². The summed E-state index contributed by atoms with van der Waals surface area (Å²) in [5.41, 5.74) is 0.339. The Morgan fingerprint density at radius 1 is 1.12 bits per heavy atom. The summed E-state index contributed by atoms with van der Waals surface area (Å²) < 4.78 is 0. The molecule has 134 valence electrons. The number of ketones is 1. The predicted molar refractivity (Wildman–Crippen MR) is 96.2 cm³/mol. The van der Waals surface area contributed by atoms with Crippen molar-refractivity contribution in [2.45, 2.75) is 31.6 Å². The number of hydrogen-bond acceptors (Lipinski definition) is 4. The van der Waals surface area contributed by atoms with Crippen LogP contribution in [0.4, 0.5) is 0 Å². The van der Waals surface area contributed by atoms with Crippen molar-refractivity contribution in [3.8, 4) is 0 Å². The molecule has 1 unspecified atom stereocenters. The Kier molecular flexibility index (Phi) is 4.41. The Labute approximate surface area is 151 Å². The monoisotopic (exact) mass is 351 g/mol. The minimum atomic E-state index is -0.386. The largest absolute Gasteiger partial charge is 0.338 e. The molecule has 4 rings (SSSR count). The van der Waals surface area contributed by atoms with Gasteiger partial charge in [-0.25, -0.2) is 4.98 Å². The summed E-state index contributed by atoms with van der Waals surface area (Å²) in [6, 6.07) is 9.15. The third kappa shape index (κ3) is 3.31. The third-order valence-corrected chi connectivity index (χ3v) is 5.15. The standard InChI is InChI=1S/C20H21N3O3/c24-17(13-5-2-1-3-6-13)15-7-4-10-23(12-15)20(26)16-11-21-18(14-8-9-14)22-19(16)25/h1-3,5-6,11,14-15H,4,7-10,12H2,(H,21,22,25). The number of nitrogens with zero attached hydrogens (tertiary/aromatic N) is 2. The summed E-state index contributed by atoms with van der Waals surface area (Å²) in [5, 5.41) is 0. The Morgan fingerprint density at radius 2 is 1.88 bits per heavy atom. The maximum absolute atomic E-state index is 12.8. The van der Waals surface area contributed by atoms with Gasteiger partial charge >= 0.3 is 0 Å². The van der Waals surface area contributed by atoms with Gasteiger partial charge in [0.1, 0.15) is 11.4 Å². The normalized spacial score (nSPS) is 20.0. The maximum atomic E-state index is 12.8.